The van der Waals surface area contributed by atoms with Crippen LogP contribution in [0.5, 0.6) is 0 Å². The Morgan fingerprint density at radius 1 is 0.974 bits per heavy atom. The molecule has 1 heterocycles. The maximum Gasteiger partial charge on any atom is 0.309 e. The van der Waals surface area contributed by atoms with E-state index in [0.29, 0.717) is 38.9 Å². The van der Waals surface area contributed by atoms with Gasteiger partial charge in [-0.15, -0.1) is 0 Å². The third-order valence-corrected chi connectivity index (χ3v) is 7.06. The molecule has 38 heavy (non-hydrogen) atoms. The molecule has 1 N–H and O–H groups in total. The molecule has 2 aromatic rings. The van der Waals surface area contributed by atoms with Crippen LogP contribution in [0.3, 0.4) is 0 Å². The van der Waals surface area contributed by atoms with E-state index in [1.807, 2.05) is 57.2 Å². The van der Waals surface area contributed by atoms with Crippen LogP contribution in [-0.4, -0.2) is 33.8 Å². The Labute approximate surface area is 227 Å². The monoisotopic (exact) mass is 521 g/mol. The molecule has 0 radical (unpaired) electrons. The number of allylic oxidation sites excluding steroid dienone is 1. The second-order valence-corrected chi connectivity index (χ2v) is 11.6. The van der Waals surface area contributed by atoms with Crippen LogP contribution in [0.1, 0.15) is 75.6 Å². The quantitative estimate of drug-likeness (QED) is 0.139. The van der Waals surface area contributed by atoms with Crippen LogP contribution >= 0.6 is 0 Å². The number of rotatable bonds is 13. The average molecular weight is 522 g/mol. The van der Waals surface area contributed by atoms with Gasteiger partial charge in [-0.25, -0.2) is 0 Å². The first-order chi connectivity index (χ1) is 18.0. The average Bonchev–Trinajstić information content (AvgIpc) is 3.19. The zero-order valence-electron chi connectivity index (χ0n) is 23.3. The molecule has 1 aliphatic heterocycles. The van der Waals surface area contributed by atoms with Gasteiger partial charge in [0, 0.05) is 11.1 Å². The van der Waals surface area contributed by atoms with E-state index in [9.17, 15) is 19.9 Å². The number of carbonyl (C=O) groups excluding carboxylic acids is 1. The summed E-state index contributed by atoms with van der Waals surface area (Å²) >= 11 is 0. The van der Waals surface area contributed by atoms with Crippen molar-refractivity contribution in [1.29, 1.82) is 0 Å². The minimum atomic E-state index is -0.899. The predicted molar refractivity (Wildman–Crippen MR) is 150 cm³/mol. The molecule has 0 fully saturated rings. The number of ether oxygens (including phenoxy) is 1. The van der Waals surface area contributed by atoms with Crippen LogP contribution < -0.4 is 0 Å². The van der Waals surface area contributed by atoms with Gasteiger partial charge in [0.05, 0.1) is 18.4 Å². The van der Waals surface area contributed by atoms with Crippen LogP contribution in [0, 0.1) is 17.0 Å². The van der Waals surface area contributed by atoms with E-state index in [1.54, 1.807) is 0 Å². The third-order valence-electron chi connectivity index (χ3n) is 7.06. The molecule has 6 heteroatoms. The van der Waals surface area contributed by atoms with Gasteiger partial charge in [-0.3, -0.25) is 9.59 Å². The van der Waals surface area contributed by atoms with Crippen molar-refractivity contribution in [3.63, 3.8) is 0 Å². The number of hydrogen-bond acceptors (Lipinski definition) is 4. The summed E-state index contributed by atoms with van der Waals surface area (Å²) in [6.07, 6.45) is 7.43. The number of carbonyl (C=O) groups is 2. The molecular weight excluding hydrogens is 478 g/mol. The van der Waals surface area contributed by atoms with Gasteiger partial charge in [0.2, 0.25) is 0 Å². The number of carboxylic acid groups (broad SMARTS) is 1. The molecule has 206 valence electrons. The lowest BCUT2D eigenvalue weighted by atomic mass is 9.87. The Bertz CT molecular complexity index is 1070. The molecule has 0 saturated carbocycles. The smallest absolute Gasteiger partial charge is 0.309 e. The molecule has 0 bridgehead atoms. The minimum Gasteiger partial charge on any atom is -0.632 e. The van der Waals surface area contributed by atoms with Crippen molar-refractivity contribution in [3.8, 4) is 0 Å². The van der Waals surface area contributed by atoms with E-state index in [0.717, 1.165) is 29.5 Å². The molecule has 2 aromatic carbocycles. The normalized spacial score (nSPS) is 16.2. The van der Waals surface area contributed by atoms with Crippen molar-refractivity contribution in [2.45, 2.75) is 84.9 Å². The van der Waals surface area contributed by atoms with Gasteiger partial charge < -0.3 is 19.7 Å². The summed E-state index contributed by atoms with van der Waals surface area (Å²) < 4.78 is 5.30. The molecule has 0 saturated heterocycles. The summed E-state index contributed by atoms with van der Waals surface area (Å²) in [7, 11) is 0. The summed E-state index contributed by atoms with van der Waals surface area (Å²) in [4.78, 5) is 25.2. The Morgan fingerprint density at radius 3 is 2.08 bits per heavy atom. The summed E-state index contributed by atoms with van der Waals surface area (Å²) in [5.74, 6) is -2.54. The van der Waals surface area contributed by atoms with Crippen molar-refractivity contribution < 1.29 is 24.1 Å². The van der Waals surface area contributed by atoms with Crippen molar-refractivity contribution in [2.24, 2.45) is 11.8 Å². The summed E-state index contributed by atoms with van der Waals surface area (Å²) in [5, 5.41) is 23.1. The standard InChI is InChI=1S/C32H43NO5/c1-5-10-24-14-16-25(17-15-24)18-19-26(30(34)35)21-27(31(36)38-32(2,3)4)11-8-9-20-33(37)22-28-12-6-7-13-29(28)23-33/h6-9,12-17,26-27H,5,10-11,18-23H2,1-4H3,(H,34,35). The number of esters is 1. The fourth-order valence-electron chi connectivity index (χ4n) is 5.06. The molecule has 0 aliphatic carbocycles. The van der Waals surface area contributed by atoms with Crippen molar-refractivity contribution in [2.75, 3.05) is 6.54 Å². The molecule has 0 aromatic heterocycles. The van der Waals surface area contributed by atoms with E-state index in [1.165, 1.54) is 5.56 Å². The number of hydroxylamine groups is 3. The fraction of sp³-hybridized carbons (Fsp3) is 0.500. The predicted octanol–water partition coefficient (Wildman–Crippen LogP) is 6.60. The van der Waals surface area contributed by atoms with Gasteiger partial charge in [0.1, 0.15) is 18.7 Å². The molecule has 2 atom stereocenters. The van der Waals surface area contributed by atoms with Crippen LogP contribution in [0.4, 0.5) is 0 Å². The number of quaternary nitrogens is 1. The van der Waals surface area contributed by atoms with Crippen LogP contribution in [0.25, 0.3) is 0 Å². The maximum absolute atomic E-state index is 13.2. The summed E-state index contributed by atoms with van der Waals surface area (Å²) in [6.45, 7) is 8.77. The van der Waals surface area contributed by atoms with E-state index < -0.39 is 29.4 Å². The minimum absolute atomic E-state index is 0.200. The highest BCUT2D eigenvalue weighted by atomic mass is 16.6. The fourth-order valence-corrected chi connectivity index (χ4v) is 5.06. The largest absolute Gasteiger partial charge is 0.632 e. The number of carboxylic acids is 1. The third kappa shape index (κ3) is 9.10. The maximum atomic E-state index is 13.2. The second-order valence-electron chi connectivity index (χ2n) is 11.6. The lowest BCUT2D eigenvalue weighted by Gasteiger charge is -2.37. The number of benzene rings is 2. The Kier molecular flexibility index (Phi) is 10.3. The molecular formula is C32H43NO5. The van der Waals surface area contributed by atoms with Gasteiger partial charge in [-0.1, -0.05) is 68.0 Å². The Balaban J connectivity index is 1.62. The van der Waals surface area contributed by atoms with Crippen molar-refractivity contribution in [1.82, 2.24) is 0 Å². The summed E-state index contributed by atoms with van der Waals surface area (Å²) in [5.41, 5.74) is 3.89. The van der Waals surface area contributed by atoms with Gasteiger partial charge in [0.25, 0.3) is 0 Å². The molecule has 2 unspecified atom stereocenters. The highest BCUT2D eigenvalue weighted by molar-refractivity contribution is 5.75. The van der Waals surface area contributed by atoms with E-state index in [4.69, 9.17) is 4.74 Å². The Morgan fingerprint density at radius 2 is 1.55 bits per heavy atom. The first-order valence-corrected chi connectivity index (χ1v) is 13.8. The molecule has 1 aliphatic rings. The van der Waals surface area contributed by atoms with Gasteiger partial charge in [-0.05, 0) is 70.1 Å². The van der Waals surface area contributed by atoms with Gasteiger partial charge >= 0.3 is 11.9 Å². The first kappa shape index (κ1) is 29.6. The lowest BCUT2D eigenvalue weighted by molar-refractivity contribution is -0.894. The van der Waals surface area contributed by atoms with Crippen molar-refractivity contribution >= 4 is 11.9 Å². The summed E-state index contributed by atoms with van der Waals surface area (Å²) in [6, 6.07) is 16.3. The van der Waals surface area contributed by atoms with Gasteiger partial charge in [-0.2, -0.15) is 0 Å². The molecule has 0 amide bonds. The number of nitrogens with zero attached hydrogens (tertiary/aromatic N) is 1. The highest BCUT2D eigenvalue weighted by Gasteiger charge is 2.30. The number of fused-ring (bicyclic) bond motifs is 1. The van der Waals surface area contributed by atoms with Gasteiger partial charge in [0.15, 0.2) is 0 Å². The molecule has 6 nitrogen and oxygen atoms in total. The SMILES string of the molecule is CCCc1ccc(CCC(CC(CC=CC[N+]2([O-])Cc3ccccc3C2)C(=O)OC(C)(C)C)C(=O)O)cc1. The van der Waals surface area contributed by atoms with E-state index in [-0.39, 0.29) is 11.1 Å². The molecule has 0 spiro atoms. The van der Waals surface area contributed by atoms with Crippen LogP contribution in [0.2, 0.25) is 0 Å². The van der Waals surface area contributed by atoms with Crippen LogP contribution in [0.15, 0.2) is 60.7 Å². The number of hydrogen-bond donors (Lipinski definition) is 1. The number of aryl methyl sites for hydroxylation is 2. The van der Waals surface area contributed by atoms with Crippen LogP contribution in [-0.2, 0) is 40.3 Å². The van der Waals surface area contributed by atoms with E-state index in [2.05, 4.69) is 31.2 Å². The number of aliphatic carboxylic acids is 1. The molecule has 3 rings (SSSR count). The zero-order chi connectivity index (χ0) is 27.8. The first-order valence-electron chi connectivity index (χ1n) is 13.8. The van der Waals surface area contributed by atoms with E-state index >= 15 is 0 Å². The highest BCUT2D eigenvalue weighted by Crippen LogP contribution is 2.29. The topological polar surface area (TPSA) is 86.7 Å². The second kappa shape index (κ2) is 13.2. The van der Waals surface area contributed by atoms with Crippen molar-refractivity contribution in [3.05, 3.63) is 88.1 Å². The lowest BCUT2D eigenvalue weighted by Crippen LogP contribution is -2.36. The zero-order valence-corrected chi connectivity index (χ0v) is 23.3. The Hall–Kier alpha value is -2.96.